The van der Waals surface area contributed by atoms with E-state index in [4.69, 9.17) is 4.42 Å². The van der Waals surface area contributed by atoms with Crippen LogP contribution in [0.25, 0.3) is 10.8 Å². The Balaban J connectivity index is 1.11. The van der Waals surface area contributed by atoms with Crippen LogP contribution in [0.4, 0.5) is 0 Å². The summed E-state index contributed by atoms with van der Waals surface area (Å²) < 4.78 is 5.29. The van der Waals surface area contributed by atoms with Crippen molar-refractivity contribution in [2.24, 2.45) is 17.3 Å². The number of benzene rings is 1. The Kier molecular flexibility index (Phi) is 4.78. The molecular formula is C25H32N2O2. The van der Waals surface area contributed by atoms with Gasteiger partial charge in [-0.2, -0.15) is 0 Å². The highest BCUT2D eigenvalue weighted by molar-refractivity contribution is 5.89. The standard InChI is InChI=1S/C25H32N2O2/c1-25(2)20-7-6-18(23(25)13-20)14-27-10-8-21(9-11-27)26-24(28)12-17-4-3-5-19-15-29-16-22(17)19/h3-6,15-16,20-21,23H,7-14H2,1-2H3,(H,26,28). The van der Waals surface area contributed by atoms with E-state index in [1.165, 1.54) is 12.8 Å². The van der Waals surface area contributed by atoms with Crippen molar-refractivity contribution in [2.75, 3.05) is 19.6 Å². The summed E-state index contributed by atoms with van der Waals surface area (Å²) in [5.41, 5.74) is 3.22. The Hall–Kier alpha value is -2.07. The number of nitrogens with one attached hydrogen (secondary N) is 1. The molecule has 2 bridgehead atoms. The third-order valence-electron chi connectivity index (χ3n) is 7.90. The molecule has 6 rings (SSSR count). The summed E-state index contributed by atoms with van der Waals surface area (Å²) in [7, 11) is 0. The number of allylic oxidation sites excluding steroid dienone is 1. The fourth-order valence-corrected chi connectivity index (χ4v) is 5.81. The van der Waals surface area contributed by atoms with Crippen LogP contribution in [0, 0.1) is 17.3 Å². The highest BCUT2D eigenvalue weighted by Crippen LogP contribution is 2.59. The van der Waals surface area contributed by atoms with Gasteiger partial charge in [-0.25, -0.2) is 0 Å². The molecule has 1 aromatic carbocycles. The van der Waals surface area contributed by atoms with Gasteiger partial charge in [-0.1, -0.05) is 43.7 Å². The van der Waals surface area contributed by atoms with E-state index in [0.29, 0.717) is 17.9 Å². The van der Waals surface area contributed by atoms with E-state index in [1.54, 1.807) is 18.1 Å². The summed E-state index contributed by atoms with van der Waals surface area (Å²) >= 11 is 0. The first-order chi connectivity index (χ1) is 14.0. The van der Waals surface area contributed by atoms with Crippen molar-refractivity contribution < 1.29 is 9.21 Å². The van der Waals surface area contributed by atoms with Crippen LogP contribution < -0.4 is 5.32 Å². The molecule has 4 heteroatoms. The predicted molar refractivity (Wildman–Crippen MR) is 116 cm³/mol. The van der Waals surface area contributed by atoms with E-state index in [9.17, 15) is 4.79 Å². The minimum atomic E-state index is 0.120. The molecule has 4 aliphatic rings. The Morgan fingerprint density at radius 1 is 1.24 bits per heavy atom. The number of carbonyl (C=O) groups is 1. The third-order valence-corrected chi connectivity index (χ3v) is 7.90. The van der Waals surface area contributed by atoms with Gasteiger partial charge in [-0.15, -0.1) is 0 Å². The number of fused-ring (bicyclic) bond motifs is 2. The van der Waals surface area contributed by atoms with Gasteiger partial charge in [0.15, 0.2) is 0 Å². The predicted octanol–water partition coefficient (Wildman–Crippen LogP) is 4.55. The van der Waals surface area contributed by atoms with Crippen molar-refractivity contribution in [3.05, 3.63) is 47.9 Å². The van der Waals surface area contributed by atoms with Gasteiger partial charge < -0.3 is 9.73 Å². The van der Waals surface area contributed by atoms with Crippen molar-refractivity contribution in [1.82, 2.24) is 10.2 Å². The molecule has 154 valence electrons. The second-order valence-electron chi connectivity index (χ2n) is 9.91. The summed E-state index contributed by atoms with van der Waals surface area (Å²) in [6.45, 7) is 8.19. The molecule has 0 radical (unpaired) electrons. The maximum absolute atomic E-state index is 12.6. The number of carbonyl (C=O) groups excluding carboxylic acids is 1. The Morgan fingerprint density at radius 2 is 2.07 bits per heavy atom. The Labute approximate surface area is 173 Å². The van der Waals surface area contributed by atoms with Crippen molar-refractivity contribution in [2.45, 2.75) is 52.0 Å². The van der Waals surface area contributed by atoms with Gasteiger partial charge in [-0.3, -0.25) is 9.69 Å². The zero-order valence-electron chi connectivity index (χ0n) is 17.6. The number of hydrogen-bond donors (Lipinski definition) is 1. The molecule has 3 aliphatic carbocycles. The second kappa shape index (κ2) is 7.32. The smallest absolute Gasteiger partial charge is 0.224 e. The van der Waals surface area contributed by atoms with Crippen LogP contribution in [0.2, 0.25) is 0 Å². The van der Waals surface area contributed by atoms with Crippen molar-refractivity contribution in [3.63, 3.8) is 0 Å². The lowest BCUT2D eigenvalue weighted by molar-refractivity contribution is -0.121. The van der Waals surface area contributed by atoms with E-state index in [-0.39, 0.29) is 5.91 Å². The molecule has 1 saturated carbocycles. The molecule has 2 aromatic rings. The fraction of sp³-hybridized carbons (Fsp3) is 0.560. The van der Waals surface area contributed by atoms with Crippen LogP contribution in [-0.2, 0) is 11.2 Å². The summed E-state index contributed by atoms with van der Waals surface area (Å²) in [5.74, 6) is 1.82. The molecule has 1 amide bonds. The number of nitrogens with zero attached hydrogens (tertiary/aromatic N) is 1. The van der Waals surface area contributed by atoms with Crippen LogP contribution in [0.5, 0.6) is 0 Å². The van der Waals surface area contributed by atoms with E-state index in [0.717, 1.165) is 60.6 Å². The van der Waals surface area contributed by atoms with Gasteiger partial charge in [0.2, 0.25) is 5.91 Å². The molecular weight excluding hydrogens is 360 g/mol. The van der Waals surface area contributed by atoms with Gasteiger partial charge in [0.05, 0.1) is 18.9 Å². The number of amides is 1. The van der Waals surface area contributed by atoms with Crippen LogP contribution in [0.3, 0.4) is 0 Å². The molecule has 1 N–H and O–H groups in total. The lowest BCUT2D eigenvalue weighted by Gasteiger charge is -2.57. The van der Waals surface area contributed by atoms with Gasteiger partial charge in [0.1, 0.15) is 0 Å². The van der Waals surface area contributed by atoms with Crippen LogP contribution in [0.15, 0.2) is 46.8 Å². The summed E-state index contributed by atoms with van der Waals surface area (Å²) in [6, 6.07) is 6.32. The fourth-order valence-electron chi connectivity index (χ4n) is 5.81. The normalized spacial score (nSPS) is 26.8. The van der Waals surface area contributed by atoms with Crippen molar-refractivity contribution >= 4 is 16.7 Å². The summed E-state index contributed by atoms with van der Waals surface area (Å²) in [5, 5.41) is 5.37. The average Bonchev–Trinajstić information content (AvgIpc) is 3.19. The van der Waals surface area contributed by atoms with Crippen LogP contribution >= 0.6 is 0 Å². The zero-order valence-corrected chi connectivity index (χ0v) is 17.6. The highest BCUT2D eigenvalue weighted by Gasteiger charge is 2.51. The van der Waals surface area contributed by atoms with E-state index in [1.807, 2.05) is 18.2 Å². The minimum absolute atomic E-state index is 0.120. The van der Waals surface area contributed by atoms with Gasteiger partial charge >= 0.3 is 0 Å². The van der Waals surface area contributed by atoms with Gasteiger partial charge in [0, 0.05) is 36.4 Å². The largest absolute Gasteiger partial charge is 0.471 e. The molecule has 2 atom stereocenters. The molecule has 1 aromatic heterocycles. The van der Waals surface area contributed by atoms with Crippen LogP contribution in [-0.4, -0.2) is 36.5 Å². The monoisotopic (exact) mass is 392 g/mol. The van der Waals surface area contributed by atoms with E-state index < -0.39 is 0 Å². The molecule has 2 heterocycles. The second-order valence-corrected chi connectivity index (χ2v) is 9.91. The van der Waals surface area contributed by atoms with E-state index in [2.05, 4.69) is 30.1 Å². The van der Waals surface area contributed by atoms with Crippen molar-refractivity contribution in [3.8, 4) is 0 Å². The molecule has 29 heavy (non-hydrogen) atoms. The van der Waals surface area contributed by atoms with E-state index >= 15 is 0 Å². The Morgan fingerprint density at radius 3 is 2.83 bits per heavy atom. The molecule has 1 saturated heterocycles. The van der Waals surface area contributed by atoms with Crippen molar-refractivity contribution in [1.29, 1.82) is 0 Å². The minimum Gasteiger partial charge on any atom is -0.471 e. The Bertz CT molecular complexity index is 933. The molecule has 2 fully saturated rings. The first-order valence-electron chi connectivity index (χ1n) is 11.1. The summed E-state index contributed by atoms with van der Waals surface area (Å²) in [6.07, 6.45) is 11.2. The number of hydrogen-bond acceptors (Lipinski definition) is 3. The van der Waals surface area contributed by atoms with Crippen LogP contribution in [0.1, 0.15) is 45.1 Å². The third kappa shape index (κ3) is 3.52. The maximum atomic E-state index is 12.6. The summed E-state index contributed by atoms with van der Waals surface area (Å²) in [4.78, 5) is 15.2. The SMILES string of the molecule is CC1(C)C2CC=C(CN3CCC(NC(=O)Cc4cccc5cocc45)CC3)C1C2. The zero-order chi connectivity index (χ0) is 20.0. The quantitative estimate of drug-likeness (QED) is 0.760. The molecule has 2 unspecified atom stereocenters. The molecule has 0 spiro atoms. The maximum Gasteiger partial charge on any atom is 0.224 e. The molecule has 4 nitrogen and oxygen atoms in total. The van der Waals surface area contributed by atoms with Gasteiger partial charge in [0.25, 0.3) is 0 Å². The number of furan rings is 1. The average molecular weight is 393 g/mol. The lowest BCUT2D eigenvalue weighted by Crippen LogP contribution is -2.51. The number of rotatable bonds is 5. The highest BCUT2D eigenvalue weighted by atomic mass is 16.3. The number of piperidine rings is 1. The topological polar surface area (TPSA) is 45.5 Å². The van der Waals surface area contributed by atoms with Gasteiger partial charge in [-0.05, 0) is 48.5 Å². The number of likely N-dealkylation sites (tertiary alicyclic amines) is 1. The molecule has 1 aliphatic heterocycles. The first-order valence-corrected chi connectivity index (χ1v) is 11.1. The first kappa shape index (κ1) is 18.9. The lowest BCUT2D eigenvalue weighted by atomic mass is 9.49.